The number of pyridine rings is 1. The highest BCUT2D eigenvalue weighted by Gasteiger charge is 2.27. The number of halogens is 1. The van der Waals surface area contributed by atoms with Gasteiger partial charge in [0.1, 0.15) is 5.82 Å². The Bertz CT molecular complexity index is 1210. The molecule has 2 aliphatic heterocycles. The monoisotopic (exact) mass is 471 g/mol. The summed E-state index contributed by atoms with van der Waals surface area (Å²) in [5.74, 6) is 0.172. The van der Waals surface area contributed by atoms with Crippen molar-refractivity contribution in [2.75, 3.05) is 19.6 Å². The van der Waals surface area contributed by atoms with E-state index in [2.05, 4.69) is 0 Å². The first kappa shape index (κ1) is 23.2. The number of hydrogen-bond donors (Lipinski definition) is 0. The number of carbonyl (C=O) groups excluding carboxylic acids is 2. The van der Waals surface area contributed by atoms with Crippen LogP contribution in [-0.2, 0) is 17.8 Å². The third-order valence-electron chi connectivity index (χ3n) is 6.97. The molecule has 6 heteroatoms. The Morgan fingerprint density at radius 3 is 2.60 bits per heavy atom. The quantitative estimate of drug-likeness (QED) is 0.511. The third kappa shape index (κ3) is 5.59. The van der Waals surface area contributed by atoms with Crippen LogP contribution in [0, 0.1) is 5.82 Å². The van der Waals surface area contributed by atoms with Gasteiger partial charge in [-0.1, -0.05) is 30.3 Å². The molecule has 2 amide bonds. The minimum absolute atomic E-state index is 0.0340. The lowest BCUT2D eigenvalue weighted by Gasteiger charge is -2.33. The molecule has 0 bridgehead atoms. The van der Waals surface area contributed by atoms with Gasteiger partial charge >= 0.3 is 0 Å². The number of likely N-dealkylation sites (tertiary alicyclic amines) is 2. The van der Waals surface area contributed by atoms with Gasteiger partial charge in [-0.2, -0.15) is 0 Å². The lowest BCUT2D eigenvalue weighted by molar-refractivity contribution is -0.128. The summed E-state index contributed by atoms with van der Waals surface area (Å²) >= 11 is 0. The molecule has 2 aliphatic rings. The van der Waals surface area contributed by atoms with Crippen molar-refractivity contribution < 1.29 is 14.0 Å². The zero-order chi connectivity index (χ0) is 24.2. The second kappa shape index (κ2) is 10.4. The Balaban J connectivity index is 1.26. The maximum atomic E-state index is 13.4. The number of aromatic nitrogens is 1. The molecule has 2 aromatic carbocycles. The number of benzene rings is 2. The minimum Gasteiger partial charge on any atom is -0.338 e. The first-order valence-corrected chi connectivity index (χ1v) is 12.4. The molecule has 0 spiro atoms. The largest absolute Gasteiger partial charge is 0.338 e. The molecular weight excluding hydrogens is 441 g/mol. The van der Waals surface area contributed by atoms with Crippen molar-refractivity contribution in [1.82, 2.24) is 14.8 Å². The summed E-state index contributed by atoms with van der Waals surface area (Å²) in [6.07, 6.45) is 4.10. The predicted molar refractivity (Wildman–Crippen MR) is 132 cm³/mol. The molecule has 0 radical (unpaired) electrons. The van der Waals surface area contributed by atoms with Crippen molar-refractivity contribution in [3.8, 4) is 0 Å². The summed E-state index contributed by atoms with van der Waals surface area (Å²) in [5.41, 5.74) is 4.64. The summed E-state index contributed by atoms with van der Waals surface area (Å²) in [4.78, 5) is 34.0. The molecule has 2 fully saturated rings. The van der Waals surface area contributed by atoms with Crippen LogP contribution in [0.3, 0.4) is 0 Å². The molecular formula is C29H30FN3O2. The molecule has 2 saturated heterocycles. The van der Waals surface area contributed by atoms with Crippen molar-refractivity contribution in [2.24, 2.45) is 0 Å². The molecule has 0 unspecified atom stereocenters. The van der Waals surface area contributed by atoms with Crippen molar-refractivity contribution >= 4 is 11.8 Å². The summed E-state index contributed by atoms with van der Waals surface area (Å²) in [5, 5.41) is 0. The molecule has 3 aromatic rings. The van der Waals surface area contributed by atoms with E-state index in [1.807, 2.05) is 52.3 Å². The predicted octanol–water partition coefficient (Wildman–Crippen LogP) is 4.95. The van der Waals surface area contributed by atoms with E-state index < -0.39 is 0 Å². The summed E-state index contributed by atoms with van der Waals surface area (Å²) < 4.78 is 13.2. The highest BCUT2D eigenvalue weighted by molar-refractivity contribution is 5.94. The van der Waals surface area contributed by atoms with Crippen LogP contribution < -0.4 is 0 Å². The van der Waals surface area contributed by atoms with Gasteiger partial charge in [-0.3, -0.25) is 14.6 Å². The fourth-order valence-corrected chi connectivity index (χ4v) is 5.12. The Morgan fingerprint density at radius 1 is 0.971 bits per heavy atom. The van der Waals surface area contributed by atoms with E-state index >= 15 is 0 Å². The molecule has 5 nitrogen and oxygen atoms in total. The Hall–Kier alpha value is -3.54. The van der Waals surface area contributed by atoms with Gasteiger partial charge in [0.05, 0.1) is 0 Å². The maximum absolute atomic E-state index is 13.4. The van der Waals surface area contributed by atoms with E-state index in [4.69, 9.17) is 4.98 Å². The second-order valence-corrected chi connectivity index (χ2v) is 9.57. The number of rotatable bonds is 6. The normalized spacial score (nSPS) is 18.2. The van der Waals surface area contributed by atoms with Crippen LogP contribution in [0.4, 0.5) is 4.39 Å². The number of carbonyl (C=O) groups is 2. The molecule has 0 aliphatic carbocycles. The van der Waals surface area contributed by atoms with Crippen LogP contribution in [0.1, 0.15) is 64.5 Å². The van der Waals surface area contributed by atoms with Crippen LogP contribution in [0.2, 0.25) is 0 Å². The van der Waals surface area contributed by atoms with Gasteiger partial charge in [-0.25, -0.2) is 4.39 Å². The van der Waals surface area contributed by atoms with Crippen LogP contribution in [0.5, 0.6) is 0 Å². The molecule has 0 saturated carbocycles. The van der Waals surface area contributed by atoms with E-state index in [0.717, 1.165) is 54.9 Å². The highest BCUT2D eigenvalue weighted by Crippen LogP contribution is 2.27. The molecule has 5 rings (SSSR count). The summed E-state index contributed by atoms with van der Waals surface area (Å²) in [6.45, 7) is 2.73. The minimum atomic E-state index is -0.238. The zero-order valence-corrected chi connectivity index (χ0v) is 19.8. The van der Waals surface area contributed by atoms with Gasteiger partial charge in [0.15, 0.2) is 0 Å². The van der Waals surface area contributed by atoms with E-state index in [0.29, 0.717) is 31.5 Å². The van der Waals surface area contributed by atoms with Gasteiger partial charge < -0.3 is 9.80 Å². The number of piperidine rings is 1. The maximum Gasteiger partial charge on any atom is 0.253 e. The molecule has 0 N–H and O–H groups in total. The molecule has 35 heavy (non-hydrogen) atoms. The van der Waals surface area contributed by atoms with Crippen molar-refractivity contribution in [1.29, 1.82) is 0 Å². The van der Waals surface area contributed by atoms with Crippen molar-refractivity contribution in [3.63, 3.8) is 0 Å². The fraction of sp³-hybridized carbons (Fsp3) is 0.345. The molecule has 3 heterocycles. The summed E-state index contributed by atoms with van der Waals surface area (Å²) in [7, 11) is 0. The standard InChI is InChI=1S/C29H30FN3O2/c30-25-13-11-21(12-14-25)18-26-8-2-9-27(31-26)24-7-3-16-33(20-24)29(35)23-6-1-5-22(17-23)19-32-15-4-10-28(32)34/h1-2,5-6,8-9,11-14,17,24H,3-4,7,10,15-16,18-20H2/t24-/m0/s1. The first-order chi connectivity index (χ1) is 17.0. The van der Waals surface area contributed by atoms with E-state index in [1.54, 1.807) is 12.1 Å². The van der Waals surface area contributed by atoms with Gasteiger partial charge in [-0.15, -0.1) is 0 Å². The highest BCUT2D eigenvalue weighted by atomic mass is 19.1. The average Bonchev–Trinajstić information content (AvgIpc) is 3.29. The zero-order valence-electron chi connectivity index (χ0n) is 19.8. The lowest BCUT2D eigenvalue weighted by Crippen LogP contribution is -2.39. The van der Waals surface area contributed by atoms with E-state index in [9.17, 15) is 14.0 Å². The van der Waals surface area contributed by atoms with Crippen LogP contribution >= 0.6 is 0 Å². The van der Waals surface area contributed by atoms with E-state index in [-0.39, 0.29) is 23.5 Å². The van der Waals surface area contributed by atoms with Crippen LogP contribution in [0.25, 0.3) is 0 Å². The van der Waals surface area contributed by atoms with Crippen molar-refractivity contribution in [3.05, 3.63) is 101 Å². The topological polar surface area (TPSA) is 53.5 Å². The Kier molecular flexibility index (Phi) is 6.89. The smallest absolute Gasteiger partial charge is 0.253 e. The van der Waals surface area contributed by atoms with Gasteiger partial charge in [0.2, 0.25) is 5.91 Å². The summed E-state index contributed by atoms with van der Waals surface area (Å²) in [6, 6.07) is 20.3. The van der Waals surface area contributed by atoms with Gasteiger partial charge in [0.25, 0.3) is 5.91 Å². The second-order valence-electron chi connectivity index (χ2n) is 9.57. The fourth-order valence-electron chi connectivity index (χ4n) is 5.12. The Morgan fingerprint density at radius 2 is 1.80 bits per heavy atom. The SMILES string of the molecule is O=C1CCCN1Cc1cccc(C(=O)N2CCC[C@H](c3cccc(Cc4ccc(F)cc4)n3)C2)c1. The average molecular weight is 472 g/mol. The third-order valence-corrected chi connectivity index (χ3v) is 6.97. The number of nitrogens with zero attached hydrogens (tertiary/aromatic N) is 3. The van der Waals surface area contributed by atoms with Crippen molar-refractivity contribution in [2.45, 2.75) is 44.6 Å². The van der Waals surface area contributed by atoms with Gasteiger partial charge in [-0.05, 0) is 66.8 Å². The van der Waals surface area contributed by atoms with Crippen LogP contribution in [-0.4, -0.2) is 46.2 Å². The molecule has 1 atom stereocenters. The molecule has 1 aromatic heterocycles. The lowest BCUT2D eigenvalue weighted by atomic mass is 9.93. The Labute approximate surface area is 205 Å². The first-order valence-electron chi connectivity index (χ1n) is 12.4. The van der Waals surface area contributed by atoms with Crippen LogP contribution in [0.15, 0.2) is 66.7 Å². The number of hydrogen-bond acceptors (Lipinski definition) is 3. The number of amides is 2. The molecule has 180 valence electrons. The van der Waals surface area contributed by atoms with Gasteiger partial charge in [0, 0.05) is 61.9 Å². The van der Waals surface area contributed by atoms with E-state index in [1.165, 1.54) is 12.1 Å².